The van der Waals surface area contributed by atoms with Crippen LogP contribution in [0.4, 0.5) is 5.69 Å². The molecule has 1 atom stereocenters. The summed E-state index contributed by atoms with van der Waals surface area (Å²) < 4.78 is 24.2. The van der Waals surface area contributed by atoms with Crippen LogP contribution in [0.3, 0.4) is 0 Å². The van der Waals surface area contributed by atoms with Crippen molar-refractivity contribution in [1.29, 1.82) is 0 Å². The van der Waals surface area contributed by atoms with Crippen molar-refractivity contribution in [1.82, 2.24) is 9.55 Å². The fraction of sp³-hybridized carbons (Fsp3) is 0.190. The molecule has 1 N–H and O–H groups in total. The number of hydrogen-bond donors (Lipinski definition) is 1. The van der Waals surface area contributed by atoms with E-state index in [-0.39, 0.29) is 5.75 Å². The van der Waals surface area contributed by atoms with E-state index in [1.165, 1.54) is 19.2 Å². The molecule has 0 aliphatic rings. The molecule has 0 spiro atoms. The second-order valence-corrected chi connectivity index (χ2v) is 7.67. The van der Waals surface area contributed by atoms with Gasteiger partial charge in [0.05, 0.1) is 42.5 Å². The van der Waals surface area contributed by atoms with E-state index in [4.69, 9.17) is 4.74 Å². The molecular formula is C21H21N3O5S. The third kappa shape index (κ3) is 4.74. The fourth-order valence-electron chi connectivity index (χ4n) is 2.82. The van der Waals surface area contributed by atoms with Crippen LogP contribution in [0.2, 0.25) is 0 Å². The van der Waals surface area contributed by atoms with Crippen molar-refractivity contribution >= 4 is 28.4 Å². The molecule has 0 unspecified atom stereocenters. The number of benzene rings is 2. The number of carbonyl (C=O) groups is 2. The predicted octanol–water partition coefficient (Wildman–Crippen LogP) is 2.63. The van der Waals surface area contributed by atoms with Crippen LogP contribution in [0.25, 0.3) is 11.3 Å². The Morgan fingerprint density at radius 3 is 2.33 bits per heavy atom. The Labute approximate surface area is 176 Å². The Morgan fingerprint density at radius 1 is 1.07 bits per heavy atom. The van der Waals surface area contributed by atoms with Crippen molar-refractivity contribution < 1.29 is 23.3 Å². The first-order valence-electron chi connectivity index (χ1n) is 8.95. The number of esters is 1. The SMILES string of the molecule is COC(=O)c1ccc(NC(=O)C[S@@](=O)c2ncc(-c3ccc(OC)cc3)n2C)cc1. The van der Waals surface area contributed by atoms with E-state index < -0.39 is 22.7 Å². The maximum absolute atomic E-state index is 12.7. The number of aromatic nitrogens is 2. The summed E-state index contributed by atoms with van der Waals surface area (Å²) in [6, 6.07) is 13.7. The van der Waals surface area contributed by atoms with Gasteiger partial charge in [0, 0.05) is 18.3 Å². The number of nitrogens with zero attached hydrogens (tertiary/aromatic N) is 2. The van der Waals surface area contributed by atoms with Gasteiger partial charge in [0.1, 0.15) is 11.5 Å². The number of ether oxygens (including phenoxy) is 2. The van der Waals surface area contributed by atoms with Crippen LogP contribution in [-0.4, -0.2) is 45.6 Å². The molecule has 1 amide bonds. The molecular weight excluding hydrogens is 406 g/mol. The first-order valence-corrected chi connectivity index (χ1v) is 10.3. The van der Waals surface area contributed by atoms with Crippen molar-refractivity contribution in [3.63, 3.8) is 0 Å². The average molecular weight is 427 g/mol. The highest BCUT2D eigenvalue weighted by molar-refractivity contribution is 7.85. The van der Waals surface area contributed by atoms with Gasteiger partial charge in [-0.3, -0.25) is 9.00 Å². The van der Waals surface area contributed by atoms with E-state index in [0.29, 0.717) is 16.4 Å². The van der Waals surface area contributed by atoms with Gasteiger partial charge < -0.3 is 19.4 Å². The van der Waals surface area contributed by atoms with Gasteiger partial charge in [-0.05, 0) is 48.5 Å². The molecule has 3 rings (SSSR count). The van der Waals surface area contributed by atoms with Crippen LogP contribution in [0.5, 0.6) is 5.75 Å². The van der Waals surface area contributed by atoms with Gasteiger partial charge in [-0.15, -0.1) is 0 Å². The molecule has 2 aromatic carbocycles. The zero-order valence-corrected chi connectivity index (χ0v) is 17.6. The summed E-state index contributed by atoms with van der Waals surface area (Å²) in [5.74, 6) is -0.392. The van der Waals surface area contributed by atoms with Crippen LogP contribution < -0.4 is 10.1 Å². The van der Waals surface area contributed by atoms with E-state index >= 15 is 0 Å². The van der Waals surface area contributed by atoms with E-state index in [9.17, 15) is 13.8 Å². The number of methoxy groups -OCH3 is 2. The molecule has 0 radical (unpaired) electrons. The molecule has 0 fully saturated rings. The van der Waals surface area contributed by atoms with Crippen LogP contribution in [-0.2, 0) is 27.4 Å². The van der Waals surface area contributed by atoms with Gasteiger partial charge in [-0.25, -0.2) is 9.78 Å². The third-order valence-corrected chi connectivity index (χ3v) is 5.70. The predicted molar refractivity (Wildman–Crippen MR) is 113 cm³/mol. The van der Waals surface area contributed by atoms with Gasteiger partial charge in [-0.2, -0.15) is 0 Å². The summed E-state index contributed by atoms with van der Waals surface area (Å²) in [5, 5.41) is 2.97. The van der Waals surface area contributed by atoms with Gasteiger partial charge >= 0.3 is 5.97 Å². The lowest BCUT2D eigenvalue weighted by molar-refractivity contribution is -0.113. The molecule has 0 aliphatic carbocycles. The summed E-state index contributed by atoms with van der Waals surface area (Å²) >= 11 is 0. The second-order valence-electron chi connectivity index (χ2n) is 6.32. The topological polar surface area (TPSA) is 99.5 Å². The Balaban J connectivity index is 1.66. The average Bonchev–Trinajstić information content (AvgIpc) is 3.15. The molecule has 1 heterocycles. The lowest BCUT2D eigenvalue weighted by Gasteiger charge is -2.08. The lowest BCUT2D eigenvalue weighted by atomic mass is 10.1. The van der Waals surface area contributed by atoms with Gasteiger partial charge in [-0.1, -0.05) is 0 Å². The number of anilines is 1. The summed E-state index contributed by atoms with van der Waals surface area (Å²) in [7, 11) is 3.02. The van der Waals surface area contributed by atoms with Crippen LogP contribution >= 0.6 is 0 Å². The maximum Gasteiger partial charge on any atom is 0.337 e. The number of hydrogen-bond acceptors (Lipinski definition) is 6. The molecule has 8 nitrogen and oxygen atoms in total. The van der Waals surface area contributed by atoms with Gasteiger partial charge in [0.25, 0.3) is 0 Å². The number of amides is 1. The number of nitrogens with one attached hydrogen (secondary N) is 1. The normalized spacial score (nSPS) is 11.6. The molecule has 1 aromatic heterocycles. The Kier molecular flexibility index (Phi) is 6.63. The number of rotatable bonds is 7. The molecule has 3 aromatic rings. The smallest absolute Gasteiger partial charge is 0.337 e. The summed E-state index contributed by atoms with van der Waals surface area (Å²) in [5.41, 5.74) is 2.53. The Bertz CT molecular complexity index is 1080. The molecule has 156 valence electrons. The number of imidazole rings is 1. The summed E-state index contributed by atoms with van der Waals surface area (Å²) in [6.07, 6.45) is 1.62. The zero-order chi connectivity index (χ0) is 21.7. The van der Waals surface area contributed by atoms with E-state index in [1.807, 2.05) is 24.3 Å². The first-order chi connectivity index (χ1) is 14.4. The Morgan fingerprint density at radius 2 is 1.73 bits per heavy atom. The summed E-state index contributed by atoms with van der Waals surface area (Å²) in [6.45, 7) is 0. The van der Waals surface area contributed by atoms with Crippen molar-refractivity contribution in [2.45, 2.75) is 5.16 Å². The largest absolute Gasteiger partial charge is 0.497 e. The molecule has 0 saturated carbocycles. The van der Waals surface area contributed by atoms with Crippen molar-refractivity contribution in [3.8, 4) is 17.0 Å². The van der Waals surface area contributed by atoms with Crippen LogP contribution in [0, 0.1) is 0 Å². The monoisotopic (exact) mass is 427 g/mol. The molecule has 0 bridgehead atoms. The minimum absolute atomic E-state index is 0.244. The molecule has 0 aliphatic heterocycles. The Hall–Kier alpha value is -3.46. The zero-order valence-electron chi connectivity index (χ0n) is 16.7. The van der Waals surface area contributed by atoms with Crippen molar-refractivity contribution in [2.24, 2.45) is 7.05 Å². The fourth-order valence-corrected chi connectivity index (χ4v) is 3.84. The van der Waals surface area contributed by atoms with Crippen LogP contribution in [0.1, 0.15) is 10.4 Å². The van der Waals surface area contributed by atoms with E-state index in [0.717, 1.165) is 17.0 Å². The third-order valence-electron chi connectivity index (χ3n) is 4.39. The van der Waals surface area contributed by atoms with Gasteiger partial charge in [0.2, 0.25) is 5.91 Å². The lowest BCUT2D eigenvalue weighted by Crippen LogP contribution is -2.21. The minimum Gasteiger partial charge on any atom is -0.497 e. The minimum atomic E-state index is -1.63. The first kappa shape index (κ1) is 21.3. The van der Waals surface area contributed by atoms with Gasteiger partial charge in [0.15, 0.2) is 5.16 Å². The summed E-state index contributed by atoms with van der Waals surface area (Å²) in [4.78, 5) is 28.0. The van der Waals surface area contributed by atoms with Crippen LogP contribution in [0.15, 0.2) is 59.9 Å². The van der Waals surface area contributed by atoms with Crippen molar-refractivity contribution in [2.75, 3.05) is 25.3 Å². The molecule has 0 saturated heterocycles. The second kappa shape index (κ2) is 9.36. The van der Waals surface area contributed by atoms with Crippen molar-refractivity contribution in [3.05, 3.63) is 60.3 Å². The van der Waals surface area contributed by atoms with E-state index in [2.05, 4.69) is 15.0 Å². The highest BCUT2D eigenvalue weighted by Gasteiger charge is 2.18. The highest BCUT2D eigenvalue weighted by atomic mass is 32.2. The highest BCUT2D eigenvalue weighted by Crippen LogP contribution is 2.23. The standard InChI is InChI=1S/C21H21N3O5S/c1-24-18(14-6-10-17(28-2)11-7-14)12-22-21(24)30(27)13-19(25)23-16-8-4-15(5-9-16)20(26)29-3/h4-12H,13H2,1-3H3,(H,23,25)/t30-/m1/s1. The molecule has 9 heteroatoms. The quantitative estimate of drug-likeness (QED) is 0.582. The van der Waals surface area contributed by atoms with E-state index in [1.54, 1.807) is 37.1 Å². The number of carbonyl (C=O) groups excluding carboxylic acids is 2. The molecule has 30 heavy (non-hydrogen) atoms. The maximum atomic E-state index is 12.7.